The number of rotatable bonds is 25. The summed E-state index contributed by atoms with van der Waals surface area (Å²) in [6.45, 7) is 1.59. The molecule has 9 atom stereocenters. The molecule has 0 saturated carbocycles. The number of amides is 8. The van der Waals surface area contributed by atoms with Gasteiger partial charge in [0.1, 0.15) is 42.0 Å². The number of hydrogen-bond acceptors (Lipinski definition) is 14. The zero-order valence-corrected chi connectivity index (χ0v) is 38.9. The summed E-state index contributed by atoms with van der Waals surface area (Å²) in [4.78, 5) is 130. The number of nitrogens with two attached hydrogens (primary N) is 2. The van der Waals surface area contributed by atoms with Crippen LogP contribution in [0.3, 0.4) is 0 Å². The Balaban J connectivity index is 1.28. The van der Waals surface area contributed by atoms with E-state index in [2.05, 4.69) is 46.9 Å². The average molecular weight is 989 g/mol. The zero-order valence-electron chi connectivity index (χ0n) is 38.9. The second kappa shape index (κ2) is 25.1. The van der Waals surface area contributed by atoms with Crippen molar-refractivity contribution in [2.24, 2.45) is 11.5 Å². The summed E-state index contributed by atoms with van der Waals surface area (Å²) in [5.74, 6) is -8.35. The number of carbonyl (C=O) groups is 9. The molecule has 1 saturated heterocycles. The van der Waals surface area contributed by atoms with Crippen LogP contribution in [0.4, 0.5) is 0 Å². The molecule has 2 aromatic carbocycles. The minimum Gasteiger partial charge on any atom is -0.508 e. The number of carbonyl (C=O) groups excluding carboxylic acids is 8. The Hall–Kier alpha value is -7.90. The summed E-state index contributed by atoms with van der Waals surface area (Å²) in [6.07, 6.45) is 2.60. The Morgan fingerprint density at radius 2 is 1.41 bits per heavy atom. The van der Waals surface area contributed by atoms with E-state index < -0.39 is 114 Å². The molecular formula is C46H60N12O13. The van der Waals surface area contributed by atoms with Crippen LogP contribution >= 0.6 is 0 Å². The maximum absolute atomic E-state index is 14.0. The highest BCUT2D eigenvalue weighted by Crippen LogP contribution is 2.22. The van der Waals surface area contributed by atoms with Gasteiger partial charge in [0.25, 0.3) is 0 Å². The van der Waals surface area contributed by atoms with Crippen LogP contribution in [0.5, 0.6) is 5.75 Å². The first-order chi connectivity index (χ1) is 33.8. The van der Waals surface area contributed by atoms with Crippen molar-refractivity contribution in [1.29, 1.82) is 0 Å². The van der Waals surface area contributed by atoms with Crippen molar-refractivity contribution in [3.8, 4) is 5.75 Å². The third-order valence-electron chi connectivity index (χ3n) is 11.8. The number of para-hydroxylation sites is 1. The number of imidazole rings is 1. The van der Waals surface area contributed by atoms with Gasteiger partial charge in [-0.3, -0.25) is 38.4 Å². The van der Waals surface area contributed by atoms with Gasteiger partial charge in [-0.2, -0.15) is 0 Å². The van der Waals surface area contributed by atoms with E-state index in [0.717, 1.165) is 10.9 Å². The summed E-state index contributed by atoms with van der Waals surface area (Å²) in [7, 11) is 0. The quantitative estimate of drug-likeness (QED) is 0.0308. The predicted molar refractivity (Wildman–Crippen MR) is 251 cm³/mol. The number of hydrogen-bond donors (Lipinski definition) is 14. The fraction of sp³-hybridized carbons (Fsp3) is 0.435. The van der Waals surface area contributed by atoms with Crippen LogP contribution in [-0.2, 0) is 62.4 Å². The first kappa shape index (κ1) is 54.0. The zero-order chi connectivity index (χ0) is 51.9. The highest BCUT2D eigenvalue weighted by molar-refractivity contribution is 5.98. The Kier molecular flexibility index (Phi) is 19.1. The van der Waals surface area contributed by atoms with Gasteiger partial charge in [-0.15, -0.1) is 0 Å². The molecular weight excluding hydrogens is 929 g/mol. The standard InChI is InChI=1S/C46H60N12O13/c1-23(45(69)58-15-5-8-36(58)44(68)55-33(42(66)57-38(24(2)60)46(70)71)17-26-19-50-31-7-4-3-6-29(26)31)52-43(67)35(21-59)56-40(64)32(16-25-9-11-28(61)12-10-25)54-41(65)34(18-27-20-49-22-51-27)53-39(63)30(47)13-14-37(48)62/h3-4,6-7,9-12,19-20,22-24,30,32-36,38,50,59-61H,5,8,13-18,21,47H2,1-2H3,(H2,48,62)(H,49,51)(H,52,67)(H,53,63)(H,54,65)(H,55,68)(H,56,64)(H,57,66)(H,70,71)/t23-,24+,30-,32-,33-,34-,35-,36-,38-/m0/s1. The second-order valence-corrected chi connectivity index (χ2v) is 17.2. The fourth-order valence-electron chi connectivity index (χ4n) is 7.92. The van der Waals surface area contributed by atoms with E-state index in [1.807, 2.05) is 0 Å². The third kappa shape index (κ3) is 15.0. The van der Waals surface area contributed by atoms with Crippen molar-refractivity contribution in [3.63, 3.8) is 0 Å². The van der Waals surface area contributed by atoms with E-state index in [1.165, 1.54) is 55.5 Å². The number of likely N-dealkylation sites (tertiary alicyclic amines) is 1. The van der Waals surface area contributed by atoms with Crippen molar-refractivity contribution in [2.75, 3.05) is 13.2 Å². The highest BCUT2D eigenvalue weighted by Gasteiger charge is 2.40. The van der Waals surface area contributed by atoms with Crippen LogP contribution < -0.4 is 43.4 Å². The van der Waals surface area contributed by atoms with E-state index in [9.17, 15) is 63.6 Å². The monoisotopic (exact) mass is 988 g/mol. The number of nitrogens with one attached hydrogen (secondary N) is 8. The van der Waals surface area contributed by atoms with Gasteiger partial charge in [0, 0.05) is 61.2 Å². The maximum Gasteiger partial charge on any atom is 0.328 e. The SMILES string of the molecule is C[C@H](NC(=O)[C@H](CO)NC(=O)[C@H](Cc1ccc(O)cc1)NC(=O)[C@H](Cc1cnc[nH]1)NC(=O)[C@@H](N)CCC(N)=O)C(=O)N1CCC[C@H]1C(=O)N[C@@H](Cc1c[nH]c2ccccc12)C(=O)N[C@H](C(=O)O)[C@@H](C)O. The number of primary amides is 1. The molecule has 71 heavy (non-hydrogen) atoms. The molecule has 25 nitrogen and oxygen atoms in total. The minimum atomic E-state index is -1.70. The molecule has 1 aliphatic rings. The Morgan fingerprint density at radius 1 is 0.789 bits per heavy atom. The summed E-state index contributed by atoms with van der Waals surface area (Å²) in [6, 6.07) is 1.48. The molecule has 8 amide bonds. The molecule has 0 unspecified atom stereocenters. The van der Waals surface area contributed by atoms with E-state index in [4.69, 9.17) is 11.5 Å². The van der Waals surface area contributed by atoms with Crippen LogP contribution in [0.2, 0.25) is 0 Å². The molecule has 25 heteroatoms. The normalized spacial score (nSPS) is 16.7. The lowest BCUT2D eigenvalue weighted by molar-refractivity contribution is -0.145. The molecule has 1 fully saturated rings. The van der Waals surface area contributed by atoms with Gasteiger partial charge in [-0.1, -0.05) is 30.3 Å². The lowest BCUT2D eigenvalue weighted by atomic mass is 10.0. The minimum absolute atomic E-state index is 0.0689. The van der Waals surface area contributed by atoms with Crippen molar-refractivity contribution < 1.29 is 63.6 Å². The molecule has 3 heterocycles. The van der Waals surface area contributed by atoms with Crippen LogP contribution in [0.25, 0.3) is 10.9 Å². The second-order valence-electron chi connectivity index (χ2n) is 17.2. The number of aliphatic hydroxyl groups is 2. The molecule has 0 bridgehead atoms. The number of aromatic nitrogens is 3. The number of phenols is 1. The van der Waals surface area contributed by atoms with Crippen molar-refractivity contribution in [3.05, 3.63) is 84.1 Å². The number of phenolic OH excluding ortho intramolecular Hbond substituents is 1. The topological polar surface area (TPSA) is 406 Å². The average Bonchev–Trinajstić information content (AvgIpc) is 4.13. The molecule has 4 aromatic rings. The number of aliphatic hydroxyl groups excluding tert-OH is 2. The molecule has 382 valence electrons. The van der Waals surface area contributed by atoms with E-state index >= 15 is 0 Å². The van der Waals surface area contributed by atoms with Gasteiger partial charge in [0.05, 0.1) is 25.1 Å². The molecule has 0 radical (unpaired) electrons. The number of carboxylic acids is 1. The van der Waals surface area contributed by atoms with E-state index in [-0.39, 0.29) is 50.8 Å². The van der Waals surface area contributed by atoms with Crippen molar-refractivity contribution >= 4 is 64.1 Å². The largest absolute Gasteiger partial charge is 0.508 e. The molecule has 0 aliphatic carbocycles. The van der Waals surface area contributed by atoms with Crippen LogP contribution in [0, 0.1) is 0 Å². The molecule has 2 aromatic heterocycles. The van der Waals surface area contributed by atoms with Crippen molar-refractivity contribution in [1.82, 2.24) is 51.8 Å². The number of H-pyrrole nitrogens is 2. The summed E-state index contributed by atoms with van der Waals surface area (Å²) in [5, 5.41) is 55.5. The Bertz CT molecular complexity index is 2530. The van der Waals surface area contributed by atoms with Gasteiger partial charge in [-0.25, -0.2) is 9.78 Å². The predicted octanol–water partition coefficient (Wildman–Crippen LogP) is -3.41. The Labute approximate surface area is 406 Å². The van der Waals surface area contributed by atoms with E-state index in [0.29, 0.717) is 23.2 Å². The summed E-state index contributed by atoms with van der Waals surface area (Å²) in [5.41, 5.74) is 13.3. The lowest BCUT2D eigenvalue weighted by Gasteiger charge is -2.30. The number of aromatic amines is 2. The number of aliphatic carboxylic acids is 1. The maximum atomic E-state index is 14.0. The number of benzene rings is 2. The van der Waals surface area contributed by atoms with Gasteiger partial charge >= 0.3 is 5.97 Å². The number of carboxylic acid groups (broad SMARTS) is 1. The third-order valence-corrected chi connectivity index (χ3v) is 11.8. The smallest absolute Gasteiger partial charge is 0.328 e. The number of nitrogens with zero attached hydrogens (tertiary/aromatic N) is 2. The van der Waals surface area contributed by atoms with Gasteiger partial charge in [-0.05, 0) is 62.4 Å². The van der Waals surface area contributed by atoms with Crippen molar-refractivity contribution in [2.45, 2.75) is 113 Å². The first-order valence-electron chi connectivity index (χ1n) is 22.7. The molecule has 16 N–H and O–H groups in total. The number of fused-ring (bicyclic) bond motifs is 1. The van der Waals surface area contributed by atoms with Crippen LogP contribution in [0.1, 0.15) is 56.4 Å². The van der Waals surface area contributed by atoms with Gasteiger partial charge < -0.3 is 78.7 Å². The highest BCUT2D eigenvalue weighted by atomic mass is 16.4. The summed E-state index contributed by atoms with van der Waals surface area (Å²) < 4.78 is 0. The van der Waals surface area contributed by atoms with E-state index in [1.54, 1.807) is 30.5 Å². The van der Waals surface area contributed by atoms with Crippen LogP contribution in [0.15, 0.2) is 67.3 Å². The molecule has 0 spiro atoms. The molecule has 5 rings (SSSR count). The lowest BCUT2D eigenvalue weighted by Crippen LogP contribution is -2.61. The van der Waals surface area contributed by atoms with Gasteiger partial charge in [0.15, 0.2) is 6.04 Å². The van der Waals surface area contributed by atoms with Gasteiger partial charge in [0.2, 0.25) is 47.3 Å². The summed E-state index contributed by atoms with van der Waals surface area (Å²) >= 11 is 0. The Morgan fingerprint density at radius 3 is 2.04 bits per heavy atom. The molecule has 1 aliphatic heterocycles. The fourth-order valence-corrected chi connectivity index (χ4v) is 7.92. The number of aromatic hydroxyl groups is 1. The van der Waals surface area contributed by atoms with Crippen LogP contribution in [-0.4, -0.2) is 161 Å². The first-order valence-corrected chi connectivity index (χ1v) is 22.7.